The van der Waals surface area contributed by atoms with Gasteiger partial charge in [0.25, 0.3) is 0 Å². The molecule has 0 aromatic rings. The van der Waals surface area contributed by atoms with Gasteiger partial charge in [-0.25, -0.2) is 0 Å². The van der Waals surface area contributed by atoms with Crippen LogP contribution in [0.25, 0.3) is 0 Å². The van der Waals surface area contributed by atoms with Gasteiger partial charge in [-0.1, -0.05) is 333 Å². The zero-order valence-electron chi connectivity index (χ0n) is 56.0. The van der Waals surface area contributed by atoms with Crippen molar-refractivity contribution in [3.8, 4) is 0 Å². The van der Waals surface area contributed by atoms with E-state index < -0.39 is 6.10 Å². The van der Waals surface area contributed by atoms with Crippen molar-refractivity contribution < 1.29 is 28.6 Å². The third-order valence-electron chi connectivity index (χ3n) is 16.8. The Bertz CT molecular complexity index is 1430. The summed E-state index contributed by atoms with van der Waals surface area (Å²) in [6.07, 6.45) is 91.5. The lowest BCUT2D eigenvalue weighted by Gasteiger charge is -2.18. The molecule has 83 heavy (non-hydrogen) atoms. The van der Waals surface area contributed by atoms with Crippen molar-refractivity contribution in [3.63, 3.8) is 0 Å². The Labute approximate surface area is 518 Å². The first-order valence-electron chi connectivity index (χ1n) is 37.1. The van der Waals surface area contributed by atoms with Crippen LogP contribution in [-0.2, 0) is 28.6 Å². The number of carbonyl (C=O) groups is 3. The van der Waals surface area contributed by atoms with E-state index in [1.807, 2.05) is 0 Å². The maximum atomic E-state index is 13.0. The molecule has 0 aliphatic carbocycles. The van der Waals surface area contributed by atoms with Crippen molar-refractivity contribution in [2.45, 2.75) is 412 Å². The van der Waals surface area contributed by atoms with Crippen LogP contribution in [0.5, 0.6) is 0 Å². The molecule has 0 rings (SSSR count). The van der Waals surface area contributed by atoms with Crippen molar-refractivity contribution in [1.82, 2.24) is 0 Å². The third-order valence-corrected chi connectivity index (χ3v) is 16.8. The van der Waals surface area contributed by atoms with Gasteiger partial charge in [0.2, 0.25) is 0 Å². The number of hydrogen-bond donors (Lipinski definition) is 0. The smallest absolute Gasteiger partial charge is 0.306 e. The van der Waals surface area contributed by atoms with Gasteiger partial charge in [0, 0.05) is 19.3 Å². The second-order valence-corrected chi connectivity index (χ2v) is 25.2. The highest BCUT2D eigenvalue weighted by Gasteiger charge is 2.19. The Hall–Kier alpha value is -2.63. The van der Waals surface area contributed by atoms with Crippen LogP contribution in [0.3, 0.4) is 0 Å². The minimum atomic E-state index is -0.778. The first kappa shape index (κ1) is 80.4. The number of allylic oxidation sites excluding steroid dienone is 8. The molecule has 486 valence electrons. The highest BCUT2D eigenvalue weighted by atomic mass is 16.6. The van der Waals surface area contributed by atoms with Crippen molar-refractivity contribution in [3.05, 3.63) is 48.6 Å². The number of carbonyl (C=O) groups excluding carboxylic acids is 3. The van der Waals surface area contributed by atoms with E-state index in [0.717, 1.165) is 70.6 Å². The molecule has 0 aliphatic heterocycles. The third kappa shape index (κ3) is 70.0. The SMILES string of the molecule is CCCCC/C=C\C/C=C\CCCCCCCCCC(=O)OCC(COC(=O)CCCCCCCCCCCCCCCCCCC/C=C\CCCCCCCCCC)OC(=O)CCCCCCCCCCC/C=C\CCCCCCCC. The van der Waals surface area contributed by atoms with E-state index in [0.29, 0.717) is 19.3 Å². The highest BCUT2D eigenvalue weighted by molar-refractivity contribution is 5.71. The molecule has 0 heterocycles. The molecule has 0 amide bonds. The summed E-state index contributed by atoms with van der Waals surface area (Å²) in [5.74, 6) is -0.855. The van der Waals surface area contributed by atoms with Crippen LogP contribution >= 0.6 is 0 Å². The number of ether oxygens (including phenoxy) is 3. The molecule has 0 aromatic heterocycles. The molecular weight excluding hydrogens is 1020 g/mol. The Morgan fingerprint density at radius 1 is 0.241 bits per heavy atom. The molecule has 0 fully saturated rings. The summed E-state index contributed by atoms with van der Waals surface area (Å²) < 4.78 is 17.0. The van der Waals surface area contributed by atoms with Crippen LogP contribution in [0.15, 0.2) is 48.6 Å². The lowest BCUT2D eigenvalue weighted by atomic mass is 10.0. The molecule has 0 bridgehead atoms. The lowest BCUT2D eigenvalue weighted by Crippen LogP contribution is -2.30. The molecule has 1 atom stereocenters. The van der Waals surface area contributed by atoms with E-state index in [2.05, 4.69) is 69.4 Å². The molecule has 0 saturated carbocycles. The fourth-order valence-corrected chi connectivity index (χ4v) is 11.2. The first-order chi connectivity index (χ1) is 41.0. The maximum Gasteiger partial charge on any atom is 0.306 e. The maximum absolute atomic E-state index is 13.0. The van der Waals surface area contributed by atoms with Gasteiger partial charge in [0.05, 0.1) is 0 Å². The van der Waals surface area contributed by atoms with Gasteiger partial charge in [-0.2, -0.15) is 0 Å². The van der Waals surface area contributed by atoms with E-state index >= 15 is 0 Å². The van der Waals surface area contributed by atoms with Crippen LogP contribution in [0.4, 0.5) is 0 Å². The van der Waals surface area contributed by atoms with Crippen LogP contribution < -0.4 is 0 Å². The molecule has 6 heteroatoms. The molecule has 0 aromatic carbocycles. The van der Waals surface area contributed by atoms with E-state index in [1.165, 1.54) is 295 Å². The Morgan fingerprint density at radius 2 is 0.434 bits per heavy atom. The Kier molecular flexibility index (Phi) is 69.6. The number of unbranched alkanes of at least 4 members (excludes halogenated alkanes) is 50. The predicted molar refractivity (Wildman–Crippen MR) is 362 cm³/mol. The van der Waals surface area contributed by atoms with Crippen molar-refractivity contribution >= 4 is 17.9 Å². The van der Waals surface area contributed by atoms with E-state index in [4.69, 9.17) is 14.2 Å². The van der Waals surface area contributed by atoms with Crippen LogP contribution in [0, 0.1) is 0 Å². The van der Waals surface area contributed by atoms with E-state index in [1.54, 1.807) is 0 Å². The zero-order chi connectivity index (χ0) is 59.9. The number of esters is 3. The second kappa shape index (κ2) is 71.8. The fourth-order valence-electron chi connectivity index (χ4n) is 11.2. The Morgan fingerprint density at radius 3 is 0.699 bits per heavy atom. The van der Waals surface area contributed by atoms with Gasteiger partial charge >= 0.3 is 17.9 Å². The Balaban J connectivity index is 4.25. The zero-order valence-corrected chi connectivity index (χ0v) is 56.0. The highest BCUT2D eigenvalue weighted by Crippen LogP contribution is 2.18. The monoisotopic (exact) mass is 1160 g/mol. The first-order valence-corrected chi connectivity index (χ1v) is 37.1. The number of rotatable bonds is 69. The largest absolute Gasteiger partial charge is 0.462 e. The van der Waals surface area contributed by atoms with E-state index in [-0.39, 0.29) is 31.1 Å². The van der Waals surface area contributed by atoms with Crippen LogP contribution in [0.2, 0.25) is 0 Å². The molecule has 0 radical (unpaired) electrons. The van der Waals surface area contributed by atoms with Gasteiger partial charge in [-0.15, -0.1) is 0 Å². The summed E-state index contributed by atoms with van der Waals surface area (Å²) in [5.41, 5.74) is 0. The molecule has 1 unspecified atom stereocenters. The standard InChI is InChI=1S/C77H142O6/c1-4-7-10-13-16-19-22-25-28-31-33-34-35-36-37-38-39-40-41-42-44-46-49-52-55-58-61-64-67-70-76(79)82-73-74(72-81-75(78)69-66-63-60-57-54-51-48-45-30-27-24-21-18-15-12-9-6-3)83-77(80)71-68-65-62-59-56-53-50-47-43-32-29-26-23-20-17-14-11-8-5-2/h18,21,26-27,29-31,33,74H,4-17,19-20,22-25,28,32,34-73H2,1-3H3/b21-18-,29-26-,30-27-,33-31-. The molecule has 0 N–H and O–H groups in total. The van der Waals surface area contributed by atoms with Crippen molar-refractivity contribution in [2.75, 3.05) is 13.2 Å². The number of hydrogen-bond acceptors (Lipinski definition) is 6. The summed E-state index contributed by atoms with van der Waals surface area (Å²) in [4.78, 5) is 38.5. The van der Waals surface area contributed by atoms with Gasteiger partial charge in [0.1, 0.15) is 13.2 Å². The summed E-state index contributed by atoms with van der Waals surface area (Å²) >= 11 is 0. The average Bonchev–Trinajstić information content (AvgIpc) is 3.50. The average molecular weight is 1160 g/mol. The van der Waals surface area contributed by atoms with Gasteiger partial charge in [-0.3, -0.25) is 14.4 Å². The van der Waals surface area contributed by atoms with Gasteiger partial charge < -0.3 is 14.2 Å². The van der Waals surface area contributed by atoms with E-state index in [9.17, 15) is 14.4 Å². The van der Waals surface area contributed by atoms with Crippen LogP contribution in [-0.4, -0.2) is 37.2 Å². The fraction of sp³-hybridized carbons (Fsp3) is 0.857. The molecular formula is C77H142O6. The summed E-state index contributed by atoms with van der Waals surface area (Å²) in [5, 5.41) is 0. The molecule has 0 saturated heterocycles. The van der Waals surface area contributed by atoms with Gasteiger partial charge in [-0.05, 0) is 103 Å². The minimum Gasteiger partial charge on any atom is -0.462 e. The topological polar surface area (TPSA) is 78.9 Å². The summed E-state index contributed by atoms with van der Waals surface area (Å²) in [6, 6.07) is 0. The van der Waals surface area contributed by atoms with Crippen molar-refractivity contribution in [2.24, 2.45) is 0 Å². The van der Waals surface area contributed by atoms with Gasteiger partial charge in [0.15, 0.2) is 6.10 Å². The molecule has 6 nitrogen and oxygen atoms in total. The quantitative estimate of drug-likeness (QED) is 0.0261. The molecule has 0 aliphatic rings. The summed E-state index contributed by atoms with van der Waals surface area (Å²) in [7, 11) is 0. The van der Waals surface area contributed by atoms with Crippen LogP contribution in [0.1, 0.15) is 406 Å². The predicted octanol–water partition coefficient (Wildman–Crippen LogP) is 25.7. The summed E-state index contributed by atoms with van der Waals surface area (Å²) in [6.45, 7) is 6.67. The van der Waals surface area contributed by atoms with Crippen molar-refractivity contribution in [1.29, 1.82) is 0 Å². The lowest BCUT2D eigenvalue weighted by molar-refractivity contribution is -0.167. The normalized spacial score (nSPS) is 12.3. The molecule has 0 spiro atoms. The second-order valence-electron chi connectivity index (χ2n) is 25.2. The minimum absolute atomic E-state index is 0.0724.